The van der Waals surface area contributed by atoms with Crippen LogP contribution in [0.3, 0.4) is 0 Å². The Hall–Kier alpha value is -10.9. The van der Waals surface area contributed by atoms with Crippen LogP contribution in [0.1, 0.15) is 11.1 Å². The van der Waals surface area contributed by atoms with E-state index in [4.69, 9.17) is 0 Å². The van der Waals surface area contributed by atoms with Crippen LogP contribution in [0.5, 0.6) is 0 Å². The molecular weight excluding hydrogens is 949 g/mol. The van der Waals surface area contributed by atoms with E-state index in [-0.39, 0.29) is 0 Å². The van der Waals surface area contributed by atoms with Gasteiger partial charge < -0.3 is 18.3 Å². The van der Waals surface area contributed by atoms with Gasteiger partial charge in [0.2, 0.25) is 0 Å². The smallest absolute Gasteiger partial charge is 0.104 e. The molecule has 0 N–H and O–H groups in total. The molecule has 6 heteroatoms. The first-order valence-corrected chi connectivity index (χ1v) is 26.4. The molecule has 0 fully saturated rings. The summed E-state index contributed by atoms with van der Waals surface area (Å²) in [5, 5.41) is 42.9. The molecule has 0 spiro atoms. The summed E-state index contributed by atoms with van der Waals surface area (Å²) in [4.78, 5) is 0. The second-order valence-electron chi connectivity index (χ2n) is 20.5. The van der Waals surface area contributed by atoms with Crippen LogP contribution in [-0.2, 0) is 0 Å². The summed E-state index contributed by atoms with van der Waals surface area (Å²) >= 11 is 0. The van der Waals surface area contributed by atoms with Crippen LogP contribution in [0.4, 0.5) is 0 Å². The quantitative estimate of drug-likeness (QED) is 0.176. The molecule has 0 atom stereocenters. The number of hydrogen-bond donors (Lipinski definition) is 0. The highest BCUT2D eigenvalue weighted by Gasteiger charge is 2.35. The average molecular weight is 989 g/mol. The predicted octanol–water partition coefficient (Wildman–Crippen LogP) is 18.4. The van der Waals surface area contributed by atoms with Crippen LogP contribution in [0, 0.1) is 22.7 Å². The number of nitriles is 2. The maximum atomic E-state index is 12.7. The summed E-state index contributed by atoms with van der Waals surface area (Å²) in [5.74, 6) is 0. The number of hydrogen-bond acceptors (Lipinski definition) is 2. The van der Waals surface area contributed by atoms with Gasteiger partial charge >= 0.3 is 0 Å². The first kappa shape index (κ1) is 42.4. The molecule has 17 rings (SSSR count). The average Bonchev–Trinajstić information content (AvgIpc) is 4.30. The molecule has 0 aliphatic heterocycles. The van der Waals surface area contributed by atoms with E-state index in [2.05, 4.69) is 273 Å². The summed E-state index contributed by atoms with van der Waals surface area (Å²) in [6, 6.07) is 92.0. The Bertz CT molecular complexity index is 5420. The minimum absolute atomic E-state index is 0.370. The molecule has 6 nitrogen and oxygen atoms in total. The largest absolute Gasteiger partial charge is 0.306 e. The fraction of sp³-hybridized carbons (Fsp3) is 0. The molecule has 78 heavy (non-hydrogen) atoms. The lowest BCUT2D eigenvalue weighted by atomic mass is 9.98. The van der Waals surface area contributed by atoms with Gasteiger partial charge in [0.15, 0.2) is 0 Å². The Balaban J connectivity index is 1.21. The van der Waals surface area contributed by atoms with Crippen molar-refractivity contribution in [3.8, 4) is 34.9 Å². The van der Waals surface area contributed by atoms with E-state index in [0.717, 1.165) is 130 Å². The molecular formula is C72H40N6. The zero-order valence-electron chi connectivity index (χ0n) is 41.8. The SMILES string of the molecule is N#Cc1c(-n2c3ccccc3c3c4ccccc4ccc32)c(C#N)c(-n2c3ccccc3c3c4ccccc4ccc32)c(-n2c3ccccc3c3c4ccccc4ccc32)c1-n1c2ccccc2c2c3ccccc3ccc21. The van der Waals surface area contributed by atoms with Gasteiger partial charge in [-0.3, -0.25) is 0 Å². The molecule has 358 valence electrons. The Kier molecular flexibility index (Phi) is 8.60. The van der Waals surface area contributed by atoms with Crippen LogP contribution >= 0.6 is 0 Å². The number of para-hydroxylation sites is 4. The molecule has 17 aromatic rings. The maximum Gasteiger partial charge on any atom is 0.104 e. The Labute approximate surface area is 445 Å². The van der Waals surface area contributed by atoms with Gasteiger partial charge in [-0.15, -0.1) is 0 Å². The van der Waals surface area contributed by atoms with Gasteiger partial charge in [-0.1, -0.05) is 194 Å². The number of aromatic nitrogens is 4. The van der Waals surface area contributed by atoms with Gasteiger partial charge in [0.1, 0.15) is 23.3 Å². The number of benzene rings is 13. The van der Waals surface area contributed by atoms with Crippen molar-refractivity contribution in [2.45, 2.75) is 0 Å². The highest BCUT2D eigenvalue weighted by Crippen LogP contribution is 2.51. The standard InChI is InChI=1S/C72H40N6/c73-41-55-69(75-57-29-13-9-25-51(57)65-47-21-5-1-17-43(47)33-37-61(65)75)56(42-74)71(77-59-31-15-11-27-53(59)67-49-23-7-3-19-45(49)35-39-63(67)77)72(78-60-32-16-12-28-54(60)68-50-24-8-4-20-46(50)36-40-64(68)78)70(55)76-58-30-14-10-26-52(58)66-48-22-6-2-18-44(48)34-38-62(66)76/h1-40H. The van der Waals surface area contributed by atoms with Crippen molar-refractivity contribution in [2.75, 3.05) is 0 Å². The van der Waals surface area contributed by atoms with Crippen molar-refractivity contribution in [3.63, 3.8) is 0 Å². The van der Waals surface area contributed by atoms with E-state index in [1.54, 1.807) is 0 Å². The first-order chi connectivity index (χ1) is 38.7. The van der Waals surface area contributed by atoms with Gasteiger partial charge in [0, 0.05) is 43.1 Å². The molecule has 4 heterocycles. The molecule has 0 saturated heterocycles. The number of rotatable bonds is 4. The second-order valence-corrected chi connectivity index (χ2v) is 20.5. The molecule has 0 saturated carbocycles. The van der Waals surface area contributed by atoms with Crippen molar-refractivity contribution in [1.29, 1.82) is 10.5 Å². The lowest BCUT2D eigenvalue weighted by Gasteiger charge is -2.27. The third kappa shape index (κ3) is 5.47. The summed E-state index contributed by atoms with van der Waals surface area (Å²) in [7, 11) is 0. The molecule has 0 aliphatic rings. The van der Waals surface area contributed by atoms with Crippen molar-refractivity contribution in [2.24, 2.45) is 0 Å². The molecule has 0 radical (unpaired) electrons. The molecule has 13 aromatic carbocycles. The molecule has 0 bridgehead atoms. The Morgan fingerprint density at radius 2 is 0.436 bits per heavy atom. The lowest BCUT2D eigenvalue weighted by molar-refractivity contribution is 1.02. The minimum atomic E-state index is 0.370. The van der Waals surface area contributed by atoms with E-state index in [1.165, 1.54) is 0 Å². The van der Waals surface area contributed by atoms with E-state index >= 15 is 0 Å². The summed E-state index contributed by atoms with van der Waals surface area (Å²) < 4.78 is 9.27. The van der Waals surface area contributed by atoms with Crippen molar-refractivity contribution < 1.29 is 0 Å². The van der Waals surface area contributed by atoms with Crippen molar-refractivity contribution in [1.82, 2.24) is 18.3 Å². The molecule has 0 unspecified atom stereocenters. The Morgan fingerprint density at radius 3 is 0.718 bits per heavy atom. The minimum Gasteiger partial charge on any atom is -0.306 e. The van der Waals surface area contributed by atoms with Crippen LogP contribution in [0.25, 0.3) is 153 Å². The van der Waals surface area contributed by atoms with Gasteiger partial charge in [-0.2, -0.15) is 10.5 Å². The van der Waals surface area contributed by atoms with Gasteiger partial charge in [-0.25, -0.2) is 0 Å². The van der Waals surface area contributed by atoms with E-state index in [9.17, 15) is 10.5 Å². The molecule has 4 aromatic heterocycles. The summed E-state index contributed by atoms with van der Waals surface area (Å²) in [5.41, 5.74) is 10.8. The van der Waals surface area contributed by atoms with Crippen LogP contribution < -0.4 is 0 Å². The monoisotopic (exact) mass is 988 g/mol. The van der Waals surface area contributed by atoms with Crippen LogP contribution in [0.2, 0.25) is 0 Å². The first-order valence-electron chi connectivity index (χ1n) is 26.4. The number of nitrogens with zero attached hydrogens (tertiary/aromatic N) is 6. The molecule has 0 aliphatic carbocycles. The van der Waals surface area contributed by atoms with Gasteiger partial charge in [-0.05, 0) is 91.6 Å². The Morgan fingerprint density at radius 1 is 0.205 bits per heavy atom. The highest BCUT2D eigenvalue weighted by atomic mass is 15.1. The fourth-order valence-corrected chi connectivity index (χ4v) is 13.7. The fourth-order valence-electron chi connectivity index (χ4n) is 13.7. The summed E-state index contributed by atoms with van der Waals surface area (Å²) in [6.45, 7) is 0. The normalized spacial score (nSPS) is 12.1. The topological polar surface area (TPSA) is 67.3 Å². The van der Waals surface area contributed by atoms with Crippen LogP contribution in [0.15, 0.2) is 243 Å². The lowest BCUT2D eigenvalue weighted by Crippen LogP contribution is -2.17. The van der Waals surface area contributed by atoms with E-state index in [0.29, 0.717) is 33.9 Å². The van der Waals surface area contributed by atoms with Crippen molar-refractivity contribution in [3.05, 3.63) is 254 Å². The van der Waals surface area contributed by atoms with Gasteiger partial charge in [0.25, 0.3) is 0 Å². The van der Waals surface area contributed by atoms with E-state index in [1.807, 2.05) is 0 Å². The second kappa shape index (κ2) is 15.8. The zero-order chi connectivity index (χ0) is 51.3. The van der Waals surface area contributed by atoms with E-state index < -0.39 is 0 Å². The number of fused-ring (bicyclic) bond motifs is 20. The third-order valence-electron chi connectivity index (χ3n) is 16.8. The maximum absolute atomic E-state index is 12.7. The van der Waals surface area contributed by atoms with Gasteiger partial charge in [0.05, 0.1) is 66.9 Å². The third-order valence-corrected chi connectivity index (χ3v) is 16.8. The predicted molar refractivity (Wildman–Crippen MR) is 323 cm³/mol. The van der Waals surface area contributed by atoms with Crippen LogP contribution in [-0.4, -0.2) is 18.3 Å². The zero-order valence-corrected chi connectivity index (χ0v) is 41.8. The van der Waals surface area contributed by atoms with Crippen molar-refractivity contribution >= 4 is 130 Å². The molecule has 0 amide bonds. The summed E-state index contributed by atoms with van der Waals surface area (Å²) in [6.07, 6.45) is 0. The highest BCUT2D eigenvalue weighted by molar-refractivity contribution is 6.26.